The highest BCUT2D eigenvalue weighted by molar-refractivity contribution is 4.84. The van der Waals surface area contributed by atoms with E-state index in [9.17, 15) is 0 Å². The van der Waals surface area contributed by atoms with Crippen LogP contribution in [0.5, 0.6) is 0 Å². The maximum absolute atomic E-state index is 9.13. The van der Waals surface area contributed by atoms with E-state index >= 15 is 0 Å². The Labute approximate surface area is 155 Å². The van der Waals surface area contributed by atoms with Gasteiger partial charge in [0.2, 0.25) is 0 Å². The standard InChI is InChI=1S/C21H42O4/c1-2-3-4-5-8-11-14-20-21(25-20)15-12-9-6-7-10-13-16-24-18-19(23)17-22/h19-23H,2-18H2,1H3/t19-,20-,21-/m1/s1. The summed E-state index contributed by atoms with van der Waals surface area (Å²) < 4.78 is 11.1. The van der Waals surface area contributed by atoms with Gasteiger partial charge in [-0.25, -0.2) is 0 Å². The number of epoxide rings is 1. The molecular weight excluding hydrogens is 316 g/mol. The molecule has 2 N–H and O–H groups in total. The Balaban J connectivity index is 1.73. The Kier molecular flexibility index (Phi) is 14.7. The lowest BCUT2D eigenvalue weighted by molar-refractivity contribution is 0.00526. The van der Waals surface area contributed by atoms with Crippen LogP contribution < -0.4 is 0 Å². The summed E-state index contributed by atoms with van der Waals surface area (Å²) in [6, 6.07) is 0. The number of aliphatic hydroxyl groups is 2. The molecule has 25 heavy (non-hydrogen) atoms. The molecule has 1 saturated heterocycles. The van der Waals surface area contributed by atoms with Gasteiger partial charge in [-0.3, -0.25) is 0 Å². The van der Waals surface area contributed by atoms with E-state index < -0.39 is 6.10 Å². The molecule has 0 aromatic rings. The van der Waals surface area contributed by atoms with Crippen molar-refractivity contribution in [1.82, 2.24) is 0 Å². The molecule has 0 unspecified atom stereocenters. The maximum Gasteiger partial charge on any atom is 0.100 e. The summed E-state index contributed by atoms with van der Waals surface area (Å²) in [5, 5.41) is 17.8. The summed E-state index contributed by atoms with van der Waals surface area (Å²) in [4.78, 5) is 0. The molecule has 0 saturated carbocycles. The average Bonchev–Trinajstić information content (AvgIpc) is 3.37. The third-order valence-electron chi connectivity index (χ3n) is 5.08. The lowest BCUT2D eigenvalue weighted by atomic mass is 10.0. The number of aliphatic hydroxyl groups excluding tert-OH is 2. The van der Waals surface area contributed by atoms with Gasteiger partial charge in [-0.05, 0) is 19.3 Å². The van der Waals surface area contributed by atoms with Crippen LogP contribution in [0.25, 0.3) is 0 Å². The highest BCUT2D eigenvalue weighted by Gasteiger charge is 2.36. The van der Waals surface area contributed by atoms with Gasteiger partial charge in [0.1, 0.15) is 6.10 Å². The van der Waals surface area contributed by atoms with Gasteiger partial charge in [-0.1, -0.05) is 77.6 Å². The Morgan fingerprint density at radius 2 is 1.32 bits per heavy atom. The van der Waals surface area contributed by atoms with Crippen molar-refractivity contribution in [2.75, 3.05) is 19.8 Å². The molecule has 4 nitrogen and oxygen atoms in total. The lowest BCUT2D eigenvalue weighted by Crippen LogP contribution is -2.19. The Bertz CT molecular complexity index is 285. The molecule has 1 rings (SSSR count). The predicted octanol–water partition coefficient (Wildman–Crippen LogP) is 4.60. The molecule has 0 aromatic carbocycles. The van der Waals surface area contributed by atoms with Gasteiger partial charge in [-0.15, -0.1) is 0 Å². The molecule has 0 bridgehead atoms. The zero-order chi connectivity index (χ0) is 18.2. The topological polar surface area (TPSA) is 62.2 Å². The minimum Gasteiger partial charge on any atom is -0.394 e. The van der Waals surface area contributed by atoms with Crippen molar-refractivity contribution in [3.05, 3.63) is 0 Å². The monoisotopic (exact) mass is 358 g/mol. The van der Waals surface area contributed by atoms with Crippen LogP contribution in [-0.4, -0.2) is 48.3 Å². The van der Waals surface area contributed by atoms with Gasteiger partial charge >= 0.3 is 0 Å². The van der Waals surface area contributed by atoms with E-state index in [1.807, 2.05) is 0 Å². The van der Waals surface area contributed by atoms with Gasteiger partial charge in [0.25, 0.3) is 0 Å². The Morgan fingerprint density at radius 3 is 1.88 bits per heavy atom. The van der Waals surface area contributed by atoms with Gasteiger partial charge in [0.15, 0.2) is 0 Å². The van der Waals surface area contributed by atoms with E-state index in [-0.39, 0.29) is 13.2 Å². The van der Waals surface area contributed by atoms with Crippen LogP contribution in [0, 0.1) is 0 Å². The summed E-state index contributed by atoms with van der Waals surface area (Å²) in [5.74, 6) is 0. The van der Waals surface area contributed by atoms with Crippen molar-refractivity contribution in [3.8, 4) is 0 Å². The van der Waals surface area contributed by atoms with Crippen LogP contribution in [0.2, 0.25) is 0 Å². The first-order valence-electron chi connectivity index (χ1n) is 10.8. The first-order valence-corrected chi connectivity index (χ1v) is 10.8. The third-order valence-corrected chi connectivity index (χ3v) is 5.08. The molecule has 1 aliphatic heterocycles. The molecular formula is C21H42O4. The van der Waals surface area contributed by atoms with E-state index in [2.05, 4.69) is 6.92 Å². The molecule has 150 valence electrons. The molecule has 0 amide bonds. The van der Waals surface area contributed by atoms with E-state index in [4.69, 9.17) is 19.7 Å². The number of hydrogen-bond acceptors (Lipinski definition) is 4. The van der Waals surface area contributed by atoms with Gasteiger partial charge < -0.3 is 19.7 Å². The van der Waals surface area contributed by atoms with Crippen LogP contribution in [-0.2, 0) is 9.47 Å². The predicted molar refractivity (Wildman–Crippen MR) is 103 cm³/mol. The molecule has 1 aliphatic rings. The Morgan fingerprint density at radius 1 is 0.800 bits per heavy atom. The number of hydrogen-bond donors (Lipinski definition) is 2. The minimum atomic E-state index is -0.727. The second-order valence-electron chi connectivity index (χ2n) is 7.59. The minimum absolute atomic E-state index is 0.218. The van der Waals surface area contributed by atoms with Crippen molar-refractivity contribution in [3.63, 3.8) is 0 Å². The van der Waals surface area contributed by atoms with Gasteiger partial charge in [0.05, 0.1) is 25.4 Å². The van der Waals surface area contributed by atoms with Crippen molar-refractivity contribution in [2.45, 2.75) is 115 Å². The normalized spacial score (nSPS) is 20.8. The highest BCUT2D eigenvalue weighted by Crippen LogP contribution is 2.31. The molecule has 1 fully saturated rings. The highest BCUT2D eigenvalue weighted by atomic mass is 16.6. The summed E-state index contributed by atoms with van der Waals surface area (Å²) in [6.07, 6.45) is 18.6. The van der Waals surface area contributed by atoms with Crippen molar-refractivity contribution in [1.29, 1.82) is 0 Å². The van der Waals surface area contributed by atoms with E-state index in [0.717, 1.165) is 6.42 Å². The summed E-state index contributed by atoms with van der Waals surface area (Å²) >= 11 is 0. The summed E-state index contributed by atoms with van der Waals surface area (Å²) in [6.45, 7) is 2.99. The zero-order valence-corrected chi connectivity index (χ0v) is 16.5. The van der Waals surface area contributed by atoms with Crippen LogP contribution in [0.3, 0.4) is 0 Å². The van der Waals surface area contributed by atoms with Crippen LogP contribution in [0.4, 0.5) is 0 Å². The number of rotatable bonds is 19. The second kappa shape index (κ2) is 16.0. The van der Waals surface area contributed by atoms with Crippen LogP contribution >= 0.6 is 0 Å². The summed E-state index contributed by atoms with van der Waals surface area (Å²) in [5.41, 5.74) is 0. The van der Waals surface area contributed by atoms with Gasteiger partial charge in [0, 0.05) is 6.61 Å². The quantitative estimate of drug-likeness (QED) is 0.261. The van der Waals surface area contributed by atoms with Gasteiger partial charge in [-0.2, -0.15) is 0 Å². The van der Waals surface area contributed by atoms with E-state index in [0.29, 0.717) is 18.8 Å². The van der Waals surface area contributed by atoms with Crippen molar-refractivity contribution >= 4 is 0 Å². The van der Waals surface area contributed by atoms with Crippen molar-refractivity contribution < 1.29 is 19.7 Å². The molecule has 3 atom stereocenters. The fourth-order valence-corrected chi connectivity index (χ4v) is 3.34. The third kappa shape index (κ3) is 13.7. The maximum atomic E-state index is 9.13. The first-order chi connectivity index (χ1) is 12.3. The summed E-state index contributed by atoms with van der Waals surface area (Å²) in [7, 11) is 0. The van der Waals surface area contributed by atoms with E-state index in [1.54, 1.807) is 0 Å². The fourth-order valence-electron chi connectivity index (χ4n) is 3.34. The molecule has 4 heteroatoms. The number of unbranched alkanes of at least 4 members (excludes halogenated alkanes) is 10. The Hall–Kier alpha value is -0.160. The fraction of sp³-hybridized carbons (Fsp3) is 1.00. The molecule has 0 radical (unpaired) electrons. The molecule has 0 spiro atoms. The SMILES string of the molecule is CCCCCCCC[C@H]1O[C@@H]1CCCCCCCCOC[C@H](O)CO. The van der Waals surface area contributed by atoms with Crippen LogP contribution in [0.1, 0.15) is 96.8 Å². The molecule has 0 aliphatic carbocycles. The van der Waals surface area contributed by atoms with Crippen molar-refractivity contribution in [2.24, 2.45) is 0 Å². The zero-order valence-electron chi connectivity index (χ0n) is 16.5. The first kappa shape index (κ1) is 22.9. The van der Waals surface area contributed by atoms with Crippen LogP contribution in [0.15, 0.2) is 0 Å². The largest absolute Gasteiger partial charge is 0.394 e. The second-order valence-corrected chi connectivity index (χ2v) is 7.59. The smallest absolute Gasteiger partial charge is 0.100 e. The lowest BCUT2D eigenvalue weighted by Gasteiger charge is -2.07. The number of ether oxygens (including phenoxy) is 2. The average molecular weight is 359 g/mol. The van der Waals surface area contributed by atoms with E-state index in [1.165, 1.54) is 83.5 Å². The molecule has 1 heterocycles. The molecule has 0 aromatic heterocycles.